The molecule has 0 N–H and O–H groups in total. The van der Waals surface area contributed by atoms with Crippen LogP contribution in [0.5, 0.6) is 0 Å². The lowest BCUT2D eigenvalue weighted by atomic mass is 10.1. The van der Waals surface area contributed by atoms with Gasteiger partial charge in [-0.3, -0.25) is 9.59 Å². The van der Waals surface area contributed by atoms with Crippen molar-refractivity contribution in [3.63, 3.8) is 0 Å². The fourth-order valence-electron chi connectivity index (χ4n) is 3.59. The Morgan fingerprint density at radius 3 is 2.74 bits per heavy atom. The molecule has 2 fully saturated rings. The second-order valence-corrected chi connectivity index (χ2v) is 6.52. The van der Waals surface area contributed by atoms with Crippen molar-refractivity contribution in [3.8, 4) is 0 Å². The highest BCUT2D eigenvalue weighted by molar-refractivity contribution is 5.80. The third-order valence-electron chi connectivity index (χ3n) is 4.77. The Hall–Kier alpha value is -1.92. The molecule has 2 amide bonds. The molecule has 0 aromatic carbocycles. The van der Waals surface area contributed by atoms with Gasteiger partial charge >= 0.3 is 0 Å². The SMILES string of the molecule is Cc1nc(C)n([C@H]2CCCN(C(=O)CCN3CCCC3=O)C2)n1. The molecule has 126 valence electrons. The van der Waals surface area contributed by atoms with Gasteiger partial charge in [-0.25, -0.2) is 9.67 Å². The minimum absolute atomic E-state index is 0.142. The van der Waals surface area contributed by atoms with E-state index in [-0.39, 0.29) is 17.9 Å². The zero-order chi connectivity index (χ0) is 16.4. The molecule has 1 aromatic rings. The molecular formula is C16H25N5O2. The second kappa shape index (κ2) is 6.68. The van der Waals surface area contributed by atoms with Crippen molar-refractivity contribution >= 4 is 11.8 Å². The third-order valence-corrected chi connectivity index (χ3v) is 4.77. The van der Waals surface area contributed by atoms with E-state index in [1.165, 1.54) is 0 Å². The van der Waals surface area contributed by atoms with Gasteiger partial charge in [0.1, 0.15) is 11.6 Å². The Kier molecular flexibility index (Phi) is 4.63. The Morgan fingerprint density at radius 1 is 1.26 bits per heavy atom. The molecule has 2 saturated heterocycles. The summed E-state index contributed by atoms with van der Waals surface area (Å²) in [5.41, 5.74) is 0. The quantitative estimate of drug-likeness (QED) is 0.832. The minimum atomic E-state index is 0.142. The first kappa shape index (κ1) is 16.0. The van der Waals surface area contributed by atoms with Gasteiger partial charge in [-0.15, -0.1) is 0 Å². The smallest absolute Gasteiger partial charge is 0.224 e. The molecule has 23 heavy (non-hydrogen) atoms. The highest BCUT2D eigenvalue weighted by Gasteiger charge is 2.27. The molecule has 0 unspecified atom stereocenters. The number of piperidine rings is 1. The van der Waals surface area contributed by atoms with Crippen molar-refractivity contribution in [3.05, 3.63) is 11.6 Å². The van der Waals surface area contributed by atoms with Crippen molar-refractivity contribution in [2.45, 2.75) is 52.0 Å². The molecule has 7 heteroatoms. The summed E-state index contributed by atoms with van der Waals surface area (Å²) in [4.78, 5) is 32.2. The van der Waals surface area contributed by atoms with E-state index in [9.17, 15) is 9.59 Å². The van der Waals surface area contributed by atoms with E-state index in [2.05, 4.69) is 10.1 Å². The topological polar surface area (TPSA) is 71.3 Å². The van der Waals surface area contributed by atoms with Crippen LogP contribution in [0.2, 0.25) is 0 Å². The number of carbonyl (C=O) groups is 2. The molecule has 3 heterocycles. The maximum Gasteiger partial charge on any atom is 0.224 e. The monoisotopic (exact) mass is 319 g/mol. The van der Waals surface area contributed by atoms with Gasteiger partial charge in [-0.05, 0) is 33.1 Å². The van der Waals surface area contributed by atoms with Crippen molar-refractivity contribution in [1.29, 1.82) is 0 Å². The Bertz CT molecular complexity index is 597. The zero-order valence-corrected chi connectivity index (χ0v) is 14.0. The average Bonchev–Trinajstić information content (AvgIpc) is 3.10. The van der Waals surface area contributed by atoms with Gasteiger partial charge < -0.3 is 9.80 Å². The second-order valence-electron chi connectivity index (χ2n) is 6.52. The number of carbonyl (C=O) groups excluding carboxylic acids is 2. The summed E-state index contributed by atoms with van der Waals surface area (Å²) in [6.45, 7) is 6.70. The van der Waals surface area contributed by atoms with Crippen molar-refractivity contribution in [2.24, 2.45) is 0 Å². The van der Waals surface area contributed by atoms with E-state index in [1.807, 2.05) is 28.3 Å². The minimum Gasteiger partial charge on any atom is -0.342 e. The third kappa shape index (κ3) is 3.54. The Labute approximate surface area is 136 Å². The maximum absolute atomic E-state index is 12.5. The highest BCUT2D eigenvalue weighted by Crippen LogP contribution is 2.22. The molecule has 7 nitrogen and oxygen atoms in total. The Balaban J connectivity index is 1.56. The largest absolute Gasteiger partial charge is 0.342 e. The molecule has 3 rings (SSSR count). The molecule has 1 aromatic heterocycles. The molecule has 0 saturated carbocycles. The lowest BCUT2D eigenvalue weighted by Crippen LogP contribution is -2.42. The first-order valence-electron chi connectivity index (χ1n) is 8.50. The van der Waals surface area contributed by atoms with Gasteiger partial charge in [0.05, 0.1) is 6.04 Å². The number of rotatable bonds is 4. The fourth-order valence-corrected chi connectivity index (χ4v) is 3.59. The molecule has 0 bridgehead atoms. The lowest BCUT2D eigenvalue weighted by Gasteiger charge is -2.33. The van der Waals surface area contributed by atoms with E-state index in [4.69, 9.17) is 0 Å². The predicted octanol–water partition coefficient (Wildman–Crippen LogP) is 1.07. The summed E-state index contributed by atoms with van der Waals surface area (Å²) in [6, 6.07) is 0.210. The molecule has 0 aliphatic carbocycles. The van der Waals surface area contributed by atoms with Crippen molar-refractivity contribution < 1.29 is 9.59 Å². The maximum atomic E-state index is 12.5. The highest BCUT2D eigenvalue weighted by atomic mass is 16.2. The summed E-state index contributed by atoms with van der Waals surface area (Å²) in [5.74, 6) is 2.01. The van der Waals surface area contributed by atoms with Gasteiger partial charge in [0.2, 0.25) is 11.8 Å². The van der Waals surface area contributed by atoms with Crippen LogP contribution < -0.4 is 0 Å². The summed E-state index contributed by atoms with van der Waals surface area (Å²) in [6.07, 6.45) is 3.98. The van der Waals surface area contributed by atoms with E-state index in [0.717, 1.165) is 44.0 Å². The first-order valence-corrected chi connectivity index (χ1v) is 8.50. The van der Waals surface area contributed by atoms with Crippen LogP contribution in [-0.4, -0.2) is 62.6 Å². The number of nitrogens with zero attached hydrogens (tertiary/aromatic N) is 5. The fraction of sp³-hybridized carbons (Fsp3) is 0.750. The molecule has 1 atom stereocenters. The molecule has 2 aliphatic rings. The van der Waals surface area contributed by atoms with Crippen LogP contribution in [0.4, 0.5) is 0 Å². The summed E-state index contributed by atoms with van der Waals surface area (Å²) in [5, 5.41) is 4.46. The van der Waals surface area contributed by atoms with Crippen LogP contribution in [0.3, 0.4) is 0 Å². The number of hydrogen-bond donors (Lipinski definition) is 0. The van der Waals surface area contributed by atoms with Gasteiger partial charge in [0.25, 0.3) is 0 Å². The van der Waals surface area contributed by atoms with E-state index in [0.29, 0.717) is 25.9 Å². The van der Waals surface area contributed by atoms with Gasteiger partial charge in [-0.1, -0.05) is 0 Å². The number of amides is 2. The Morgan fingerprint density at radius 2 is 2.09 bits per heavy atom. The van der Waals surface area contributed by atoms with Crippen molar-refractivity contribution in [1.82, 2.24) is 24.6 Å². The number of hydrogen-bond acceptors (Lipinski definition) is 4. The molecule has 0 radical (unpaired) electrons. The summed E-state index contributed by atoms with van der Waals surface area (Å²) < 4.78 is 1.96. The van der Waals surface area contributed by atoms with Crippen LogP contribution in [0.1, 0.15) is 49.8 Å². The van der Waals surface area contributed by atoms with E-state index < -0.39 is 0 Å². The summed E-state index contributed by atoms with van der Waals surface area (Å²) in [7, 11) is 0. The van der Waals surface area contributed by atoms with Gasteiger partial charge in [-0.2, -0.15) is 5.10 Å². The zero-order valence-electron chi connectivity index (χ0n) is 14.0. The lowest BCUT2D eigenvalue weighted by molar-refractivity contribution is -0.134. The van der Waals surface area contributed by atoms with Gasteiger partial charge in [0, 0.05) is 39.0 Å². The van der Waals surface area contributed by atoms with Crippen LogP contribution in [0.15, 0.2) is 0 Å². The number of aryl methyl sites for hydroxylation is 2. The standard InChI is InChI=1S/C16H25N5O2/c1-12-17-13(2)21(18-12)14-5-3-9-20(11-14)16(23)7-10-19-8-4-6-15(19)22/h14H,3-11H2,1-2H3/t14-/m0/s1. The average molecular weight is 319 g/mol. The van der Waals surface area contributed by atoms with Crippen LogP contribution in [0.25, 0.3) is 0 Å². The number of likely N-dealkylation sites (tertiary alicyclic amines) is 2. The van der Waals surface area contributed by atoms with Crippen LogP contribution in [-0.2, 0) is 9.59 Å². The molecular weight excluding hydrogens is 294 g/mol. The molecule has 0 spiro atoms. The predicted molar refractivity (Wildman–Crippen MR) is 84.8 cm³/mol. The van der Waals surface area contributed by atoms with Gasteiger partial charge in [0.15, 0.2) is 0 Å². The van der Waals surface area contributed by atoms with E-state index >= 15 is 0 Å². The van der Waals surface area contributed by atoms with Crippen molar-refractivity contribution in [2.75, 3.05) is 26.2 Å². The van der Waals surface area contributed by atoms with E-state index in [1.54, 1.807) is 0 Å². The summed E-state index contributed by atoms with van der Waals surface area (Å²) >= 11 is 0. The van der Waals surface area contributed by atoms with Crippen LogP contribution >= 0.6 is 0 Å². The normalized spacial score (nSPS) is 22.0. The van der Waals surface area contributed by atoms with Crippen LogP contribution in [0, 0.1) is 13.8 Å². The first-order chi connectivity index (χ1) is 11.0. The molecule has 2 aliphatic heterocycles. The number of aromatic nitrogens is 3.